The largest absolute Gasteiger partial charge is 0.496 e. The molecule has 1 unspecified atom stereocenters. The van der Waals surface area contributed by atoms with E-state index in [1.165, 1.54) is 43.2 Å². The van der Waals surface area contributed by atoms with Crippen molar-refractivity contribution >= 4 is 0 Å². The molecule has 1 atom stereocenters. The Kier molecular flexibility index (Phi) is 5.32. The standard InChI is InChI=1S/C19H31NO/c1-14(2)13-19(9-5-6-10-19)18(20)12-16-11-15(3)7-8-17(16)21-4/h7-8,11,14,18H,5-6,9-10,12-13,20H2,1-4H3. The first kappa shape index (κ1) is 16.4. The summed E-state index contributed by atoms with van der Waals surface area (Å²) in [5.41, 5.74) is 9.59. The van der Waals surface area contributed by atoms with Crippen molar-refractivity contribution in [3.05, 3.63) is 29.3 Å². The summed E-state index contributed by atoms with van der Waals surface area (Å²) in [4.78, 5) is 0. The molecule has 1 aromatic rings. The molecule has 0 radical (unpaired) electrons. The van der Waals surface area contributed by atoms with Gasteiger partial charge in [-0.1, -0.05) is 44.4 Å². The smallest absolute Gasteiger partial charge is 0.122 e. The maximum atomic E-state index is 6.71. The normalized spacial score (nSPS) is 19.0. The van der Waals surface area contributed by atoms with Crippen LogP contribution in [0.5, 0.6) is 5.75 Å². The van der Waals surface area contributed by atoms with E-state index in [1.54, 1.807) is 7.11 Å². The summed E-state index contributed by atoms with van der Waals surface area (Å²) in [5.74, 6) is 1.70. The number of nitrogens with two attached hydrogens (primary N) is 1. The van der Waals surface area contributed by atoms with Crippen molar-refractivity contribution in [3.63, 3.8) is 0 Å². The molecule has 1 aliphatic carbocycles. The molecule has 118 valence electrons. The van der Waals surface area contributed by atoms with Crippen LogP contribution < -0.4 is 10.5 Å². The molecular formula is C19H31NO. The van der Waals surface area contributed by atoms with E-state index in [4.69, 9.17) is 10.5 Å². The van der Waals surface area contributed by atoms with Crippen molar-refractivity contribution in [2.45, 2.75) is 65.3 Å². The van der Waals surface area contributed by atoms with Crippen LogP contribution in [0.1, 0.15) is 57.1 Å². The number of ether oxygens (including phenoxy) is 1. The second kappa shape index (κ2) is 6.83. The summed E-state index contributed by atoms with van der Waals surface area (Å²) in [6, 6.07) is 6.64. The van der Waals surface area contributed by atoms with Crippen LogP contribution in [0.15, 0.2) is 18.2 Å². The monoisotopic (exact) mass is 289 g/mol. The number of rotatable bonds is 6. The molecule has 0 amide bonds. The Morgan fingerprint density at radius 1 is 1.24 bits per heavy atom. The summed E-state index contributed by atoms with van der Waals surface area (Å²) in [6.07, 6.45) is 7.44. The number of methoxy groups -OCH3 is 1. The molecule has 2 N–H and O–H groups in total. The maximum absolute atomic E-state index is 6.71. The molecule has 0 bridgehead atoms. The Morgan fingerprint density at radius 2 is 1.90 bits per heavy atom. The molecule has 0 aliphatic heterocycles. The van der Waals surface area contributed by atoms with Gasteiger partial charge in [0, 0.05) is 6.04 Å². The number of hydrogen-bond donors (Lipinski definition) is 1. The third kappa shape index (κ3) is 3.79. The van der Waals surface area contributed by atoms with Crippen LogP contribution in [0.3, 0.4) is 0 Å². The molecule has 1 fully saturated rings. The van der Waals surface area contributed by atoms with Crippen molar-refractivity contribution in [2.75, 3.05) is 7.11 Å². The first-order chi connectivity index (χ1) is 9.97. The summed E-state index contributed by atoms with van der Waals surface area (Å²) >= 11 is 0. The zero-order valence-corrected chi connectivity index (χ0v) is 14.1. The fourth-order valence-corrected chi connectivity index (χ4v) is 4.14. The Balaban J connectivity index is 2.19. The quantitative estimate of drug-likeness (QED) is 0.838. The first-order valence-electron chi connectivity index (χ1n) is 8.36. The minimum atomic E-state index is 0.234. The molecule has 0 spiro atoms. The molecule has 2 nitrogen and oxygen atoms in total. The van der Waals surface area contributed by atoms with Crippen molar-refractivity contribution in [1.29, 1.82) is 0 Å². The van der Waals surface area contributed by atoms with Crippen LogP contribution in [0.25, 0.3) is 0 Å². The zero-order valence-electron chi connectivity index (χ0n) is 14.1. The fraction of sp³-hybridized carbons (Fsp3) is 0.684. The van der Waals surface area contributed by atoms with E-state index in [9.17, 15) is 0 Å². The van der Waals surface area contributed by atoms with Crippen molar-refractivity contribution in [3.8, 4) is 5.75 Å². The van der Waals surface area contributed by atoms with E-state index >= 15 is 0 Å². The lowest BCUT2D eigenvalue weighted by molar-refractivity contribution is 0.181. The van der Waals surface area contributed by atoms with Gasteiger partial charge in [0.2, 0.25) is 0 Å². The highest BCUT2D eigenvalue weighted by molar-refractivity contribution is 5.37. The number of benzene rings is 1. The van der Waals surface area contributed by atoms with Gasteiger partial charge in [0.1, 0.15) is 5.75 Å². The summed E-state index contributed by atoms with van der Waals surface area (Å²) in [6.45, 7) is 6.77. The molecule has 2 heteroatoms. The van der Waals surface area contributed by atoms with E-state index in [-0.39, 0.29) is 6.04 Å². The predicted molar refractivity (Wildman–Crippen MR) is 89.8 cm³/mol. The highest BCUT2D eigenvalue weighted by Gasteiger charge is 2.39. The lowest BCUT2D eigenvalue weighted by Gasteiger charge is -2.37. The summed E-state index contributed by atoms with van der Waals surface area (Å²) in [5, 5.41) is 0. The molecule has 0 aromatic heterocycles. The molecule has 1 saturated carbocycles. The average Bonchev–Trinajstić information content (AvgIpc) is 2.88. The van der Waals surface area contributed by atoms with Crippen LogP contribution in [-0.4, -0.2) is 13.2 Å². The third-order valence-electron chi connectivity index (χ3n) is 5.08. The van der Waals surface area contributed by atoms with Gasteiger partial charge in [-0.2, -0.15) is 0 Å². The highest BCUT2D eigenvalue weighted by atomic mass is 16.5. The van der Waals surface area contributed by atoms with Gasteiger partial charge >= 0.3 is 0 Å². The van der Waals surface area contributed by atoms with Crippen LogP contribution in [0, 0.1) is 18.3 Å². The first-order valence-corrected chi connectivity index (χ1v) is 8.36. The van der Waals surface area contributed by atoms with Crippen molar-refractivity contribution < 1.29 is 4.74 Å². The molecule has 1 aliphatic rings. The second-order valence-corrected chi connectivity index (χ2v) is 7.29. The van der Waals surface area contributed by atoms with Crippen LogP contribution in [0.4, 0.5) is 0 Å². The topological polar surface area (TPSA) is 35.2 Å². The minimum absolute atomic E-state index is 0.234. The summed E-state index contributed by atoms with van der Waals surface area (Å²) in [7, 11) is 1.75. The number of aryl methyl sites for hydroxylation is 1. The molecule has 2 rings (SSSR count). The molecule has 21 heavy (non-hydrogen) atoms. The zero-order chi connectivity index (χ0) is 15.5. The van der Waals surface area contributed by atoms with Gasteiger partial charge in [-0.25, -0.2) is 0 Å². The molecule has 1 aromatic carbocycles. The van der Waals surface area contributed by atoms with E-state index in [0.29, 0.717) is 11.3 Å². The van der Waals surface area contributed by atoms with Gasteiger partial charge in [0.05, 0.1) is 7.11 Å². The second-order valence-electron chi connectivity index (χ2n) is 7.29. The minimum Gasteiger partial charge on any atom is -0.496 e. The van der Waals surface area contributed by atoms with Gasteiger partial charge in [0.15, 0.2) is 0 Å². The van der Waals surface area contributed by atoms with Gasteiger partial charge in [-0.3, -0.25) is 0 Å². The molecular weight excluding hydrogens is 258 g/mol. The van der Waals surface area contributed by atoms with Crippen molar-refractivity contribution in [1.82, 2.24) is 0 Å². The maximum Gasteiger partial charge on any atom is 0.122 e. The van der Waals surface area contributed by atoms with Crippen molar-refractivity contribution in [2.24, 2.45) is 17.1 Å². The predicted octanol–water partition coefficient (Wildman–Crippen LogP) is 4.48. The van der Waals surface area contributed by atoms with Crippen LogP contribution >= 0.6 is 0 Å². The van der Waals surface area contributed by atoms with E-state index in [1.807, 2.05) is 0 Å². The number of hydrogen-bond acceptors (Lipinski definition) is 2. The van der Waals surface area contributed by atoms with Gasteiger partial charge < -0.3 is 10.5 Å². The molecule has 0 saturated heterocycles. The lowest BCUT2D eigenvalue weighted by atomic mass is 9.71. The fourth-order valence-electron chi connectivity index (χ4n) is 4.14. The van der Waals surface area contributed by atoms with Gasteiger partial charge in [-0.15, -0.1) is 0 Å². The Bertz CT molecular complexity index is 461. The molecule has 0 heterocycles. The van der Waals surface area contributed by atoms with Gasteiger partial charge in [-0.05, 0) is 55.6 Å². The highest BCUT2D eigenvalue weighted by Crippen LogP contribution is 2.46. The Hall–Kier alpha value is -1.02. The van der Waals surface area contributed by atoms with Crippen LogP contribution in [0.2, 0.25) is 0 Å². The Morgan fingerprint density at radius 3 is 2.48 bits per heavy atom. The van der Waals surface area contributed by atoms with E-state index in [0.717, 1.165) is 12.2 Å². The SMILES string of the molecule is COc1ccc(C)cc1CC(N)C1(CC(C)C)CCCC1. The van der Waals surface area contributed by atoms with E-state index < -0.39 is 0 Å². The van der Waals surface area contributed by atoms with E-state index in [2.05, 4.69) is 39.0 Å². The summed E-state index contributed by atoms with van der Waals surface area (Å²) < 4.78 is 5.52. The third-order valence-corrected chi connectivity index (χ3v) is 5.08. The Labute approximate surface area is 130 Å². The average molecular weight is 289 g/mol. The van der Waals surface area contributed by atoms with Crippen LogP contribution in [-0.2, 0) is 6.42 Å². The lowest BCUT2D eigenvalue weighted by Crippen LogP contribution is -2.42. The van der Waals surface area contributed by atoms with Gasteiger partial charge in [0.25, 0.3) is 0 Å².